The van der Waals surface area contributed by atoms with Crippen molar-refractivity contribution in [1.82, 2.24) is 0 Å². The number of Topliss-reactive ketones (excluding diaryl/α,β-unsaturated/α-hetero) is 1. The van der Waals surface area contributed by atoms with Crippen LogP contribution in [0.2, 0.25) is 0 Å². The van der Waals surface area contributed by atoms with Gasteiger partial charge < -0.3 is 15.3 Å². The van der Waals surface area contributed by atoms with Gasteiger partial charge in [0.15, 0.2) is 0 Å². The number of aromatic hydroxyl groups is 2. The highest BCUT2D eigenvalue weighted by Gasteiger charge is 2.47. The smallest absolute Gasteiger partial charge is 0.135 e. The van der Waals surface area contributed by atoms with Crippen molar-refractivity contribution >= 4 is 5.78 Å². The molecule has 0 saturated heterocycles. The molecule has 138 valence electrons. The summed E-state index contributed by atoms with van der Waals surface area (Å²) in [6.45, 7) is 9.45. The normalized spacial score (nSPS) is 25.9. The van der Waals surface area contributed by atoms with Gasteiger partial charge >= 0.3 is 0 Å². The Morgan fingerprint density at radius 2 is 1.76 bits per heavy atom. The number of ketones is 1. The van der Waals surface area contributed by atoms with Gasteiger partial charge in [-0.05, 0) is 56.7 Å². The van der Waals surface area contributed by atoms with Gasteiger partial charge in [0.05, 0.1) is 6.10 Å². The number of phenolic OH excluding ortho intramolecular Hbond substituents is 2. The van der Waals surface area contributed by atoms with Crippen LogP contribution in [0.1, 0.15) is 63.5 Å². The minimum Gasteiger partial charge on any atom is -0.508 e. The topological polar surface area (TPSA) is 77.8 Å². The Morgan fingerprint density at radius 1 is 1.16 bits per heavy atom. The van der Waals surface area contributed by atoms with E-state index in [-0.39, 0.29) is 23.2 Å². The third-order valence-electron chi connectivity index (χ3n) is 5.48. The second-order valence-electron chi connectivity index (χ2n) is 7.43. The predicted octanol–water partition coefficient (Wildman–Crippen LogP) is 4.08. The van der Waals surface area contributed by atoms with E-state index in [9.17, 15) is 20.1 Å². The van der Waals surface area contributed by atoms with Gasteiger partial charge in [-0.25, -0.2) is 0 Å². The Bertz CT molecular complexity index is 626. The quantitative estimate of drug-likeness (QED) is 0.513. The van der Waals surface area contributed by atoms with E-state index in [4.69, 9.17) is 0 Å². The number of benzene rings is 1. The van der Waals surface area contributed by atoms with Crippen LogP contribution in [0.3, 0.4) is 0 Å². The van der Waals surface area contributed by atoms with E-state index in [0.29, 0.717) is 12.0 Å². The predicted molar refractivity (Wildman–Crippen MR) is 98.8 cm³/mol. The minimum atomic E-state index is -0.929. The number of hydrogen-bond acceptors (Lipinski definition) is 4. The standard InChI is InChI=1S/C21H30O4/c1-5-6-7-8-14-9-17(23)20(18(24)10-14)19-15(12(2)3)11-16(13(4)22)21(19)25/h9-10,15-16,19,21,23-25H,2,5-8,11H2,1,3-4H3/t15-,16-,19+,21-/m0/s1. The van der Waals surface area contributed by atoms with E-state index in [1.165, 1.54) is 6.92 Å². The molecule has 1 aromatic rings. The molecule has 4 heteroatoms. The number of carbonyl (C=O) groups is 1. The zero-order valence-corrected chi connectivity index (χ0v) is 15.5. The van der Waals surface area contributed by atoms with Crippen LogP contribution in [0, 0.1) is 11.8 Å². The molecule has 1 aliphatic carbocycles. The summed E-state index contributed by atoms with van der Waals surface area (Å²) in [6, 6.07) is 3.35. The van der Waals surface area contributed by atoms with Crippen molar-refractivity contribution in [3.8, 4) is 11.5 Å². The average Bonchev–Trinajstić information content (AvgIpc) is 2.85. The van der Waals surface area contributed by atoms with Crippen LogP contribution in [-0.2, 0) is 11.2 Å². The number of aryl methyl sites for hydroxylation is 1. The van der Waals surface area contributed by atoms with Crippen molar-refractivity contribution in [3.05, 3.63) is 35.4 Å². The Labute approximate surface area is 150 Å². The molecule has 1 saturated carbocycles. The van der Waals surface area contributed by atoms with Crippen molar-refractivity contribution in [1.29, 1.82) is 0 Å². The molecule has 1 fully saturated rings. The number of phenols is 2. The van der Waals surface area contributed by atoms with Gasteiger partial charge in [0, 0.05) is 17.4 Å². The third-order valence-corrected chi connectivity index (χ3v) is 5.48. The lowest BCUT2D eigenvalue weighted by atomic mass is 9.82. The summed E-state index contributed by atoms with van der Waals surface area (Å²) in [5.41, 5.74) is 2.07. The van der Waals surface area contributed by atoms with E-state index in [0.717, 1.165) is 36.8 Å². The molecule has 3 N–H and O–H groups in total. The van der Waals surface area contributed by atoms with Crippen molar-refractivity contribution in [3.63, 3.8) is 0 Å². The maximum Gasteiger partial charge on any atom is 0.135 e. The third kappa shape index (κ3) is 4.06. The Hall–Kier alpha value is -1.81. The molecule has 0 spiro atoms. The van der Waals surface area contributed by atoms with E-state index in [1.807, 2.05) is 6.92 Å². The van der Waals surface area contributed by atoms with Gasteiger partial charge in [0.1, 0.15) is 17.3 Å². The lowest BCUT2D eigenvalue weighted by Gasteiger charge is -2.25. The summed E-state index contributed by atoms with van der Waals surface area (Å²) in [4.78, 5) is 11.9. The zero-order valence-electron chi connectivity index (χ0n) is 15.5. The lowest BCUT2D eigenvalue weighted by molar-refractivity contribution is -0.123. The molecule has 25 heavy (non-hydrogen) atoms. The molecule has 0 bridgehead atoms. The van der Waals surface area contributed by atoms with Gasteiger partial charge in [-0.15, -0.1) is 0 Å². The number of hydrogen-bond donors (Lipinski definition) is 3. The van der Waals surface area contributed by atoms with Gasteiger partial charge in [-0.1, -0.05) is 31.9 Å². The van der Waals surface area contributed by atoms with Gasteiger partial charge in [0.25, 0.3) is 0 Å². The molecule has 0 unspecified atom stereocenters. The van der Waals surface area contributed by atoms with E-state index in [2.05, 4.69) is 13.5 Å². The van der Waals surface area contributed by atoms with Crippen molar-refractivity contribution in [2.24, 2.45) is 11.8 Å². The Kier molecular flexibility index (Phi) is 6.28. The van der Waals surface area contributed by atoms with Crippen LogP contribution in [-0.4, -0.2) is 27.2 Å². The van der Waals surface area contributed by atoms with Crippen LogP contribution < -0.4 is 0 Å². The molecule has 2 rings (SSSR count). The van der Waals surface area contributed by atoms with Crippen LogP contribution in [0.5, 0.6) is 11.5 Å². The molecule has 4 atom stereocenters. The summed E-state index contributed by atoms with van der Waals surface area (Å²) in [6.07, 6.45) is 3.57. The highest BCUT2D eigenvalue weighted by molar-refractivity contribution is 5.80. The maximum absolute atomic E-state index is 11.9. The fourth-order valence-corrected chi connectivity index (χ4v) is 4.08. The van der Waals surface area contributed by atoms with E-state index in [1.54, 1.807) is 12.1 Å². The molecule has 0 heterocycles. The number of aliphatic hydroxyl groups is 1. The second-order valence-corrected chi connectivity index (χ2v) is 7.43. The first-order valence-electron chi connectivity index (χ1n) is 9.16. The van der Waals surface area contributed by atoms with Crippen molar-refractivity contribution in [2.45, 2.75) is 64.9 Å². The van der Waals surface area contributed by atoms with Crippen molar-refractivity contribution < 1.29 is 20.1 Å². The molecule has 1 aromatic carbocycles. The Balaban J connectivity index is 2.38. The SMILES string of the molecule is C=C(C)[C@@H]1C[C@@H](C(C)=O)[C@H](O)[C@H]1c1c(O)cc(CCCCC)cc1O. The molecule has 0 aromatic heterocycles. The fraction of sp³-hybridized carbons (Fsp3) is 0.571. The molecule has 0 radical (unpaired) electrons. The fourth-order valence-electron chi connectivity index (χ4n) is 4.08. The Morgan fingerprint density at radius 3 is 2.24 bits per heavy atom. The van der Waals surface area contributed by atoms with Crippen LogP contribution in [0.15, 0.2) is 24.3 Å². The highest BCUT2D eigenvalue weighted by Crippen LogP contribution is 2.51. The molecule has 1 aliphatic rings. The molecule has 0 aliphatic heterocycles. The molecule has 0 amide bonds. The molecule has 4 nitrogen and oxygen atoms in total. The largest absolute Gasteiger partial charge is 0.508 e. The van der Waals surface area contributed by atoms with Gasteiger partial charge in [0.2, 0.25) is 0 Å². The number of carbonyl (C=O) groups excluding carboxylic acids is 1. The average molecular weight is 346 g/mol. The second kappa shape index (κ2) is 8.05. The number of unbranched alkanes of at least 4 members (excludes halogenated alkanes) is 2. The monoisotopic (exact) mass is 346 g/mol. The molecular formula is C21H30O4. The van der Waals surface area contributed by atoms with E-state index < -0.39 is 17.9 Å². The highest BCUT2D eigenvalue weighted by atomic mass is 16.3. The van der Waals surface area contributed by atoms with Crippen molar-refractivity contribution in [2.75, 3.05) is 0 Å². The summed E-state index contributed by atoms with van der Waals surface area (Å²) < 4.78 is 0. The first-order valence-corrected chi connectivity index (χ1v) is 9.16. The summed E-state index contributed by atoms with van der Waals surface area (Å²) in [7, 11) is 0. The minimum absolute atomic E-state index is 0.00833. The number of rotatable bonds is 7. The first-order chi connectivity index (χ1) is 11.8. The summed E-state index contributed by atoms with van der Waals surface area (Å²) in [5, 5.41) is 31.8. The summed E-state index contributed by atoms with van der Waals surface area (Å²) >= 11 is 0. The van der Waals surface area contributed by atoms with Gasteiger partial charge in [-0.2, -0.15) is 0 Å². The zero-order chi connectivity index (χ0) is 18.7. The van der Waals surface area contributed by atoms with Gasteiger partial charge in [-0.3, -0.25) is 4.79 Å². The maximum atomic E-state index is 11.9. The van der Waals surface area contributed by atoms with Crippen LogP contribution in [0.4, 0.5) is 0 Å². The van der Waals surface area contributed by atoms with Crippen LogP contribution >= 0.6 is 0 Å². The molecular weight excluding hydrogens is 316 g/mol. The number of allylic oxidation sites excluding steroid dienone is 1. The van der Waals surface area contributed by atoms with Crippen LogP contribution in [0.25, 0.3) is 0 Å². The van der Waals surface area contributed by atoms with E-state index >= 15 is 0 Å². The first kappa shape index (κ1) is 19.5. The number of aliphatic hydroxyl groups excluding tert-OH is 1. The lowest BCUT2D eigenvalue weighted by Crippen LogP contribution is -2.25. The summed E-state index contributed by atoms with van der Waals surface area (Å²) in [5.74, 6) is -1.24.